The van der Waals surface area contributed by atoms with Crippen LogP contribution in [0.25, 0.3) is 0 Å². The fourth-order valence-electron chi connectivity index (χ4n) is 2.15. The minimum Gasteiger partial charge on any atom is -0.503 e. The Balaban J connectivity index is 0.00000141. The molecule has 2 aromatic rings. The maximum absolute atomic E-state index is 11.9. The van der Waals surface area contributed by atoms with Crippen LogP contribution in [0.4, 0.5) is 0 Å². The van der Waals surface area contributed by atoms with E-state index < -0.39 is 5.97 Å². The Morgan fingerprint density at radius 1 is 1.23 bits per heavy atom. The fourth-order valence-corrected chi connectivity index (χ4v) is 2.37. The van der Waals surface area contributed by atoms with Gasteiger partial charge < -0.3 is 24.6 Å². The molecule has 30 heavy (non-hydrogen) atoms. The van der Waals surface area contributed by atoms with Gasteiger partial charge in [0, 0.05) is 12.3 Å². The number of nitrogens with zero attached hydrogens (tertiary/aromatic N) is 1. The van der Waals surface area contributed by atoms with Crippen molar-refractivity contribution in [2.75, 3.05) is 20.3 Å². The highest BCUT2D eigenvalue weighted by molar-refractivity contribution is 7.80. The van der Waals surface area contributed by atoms with Crippen LogP contribution >= 0.6 is 12.2 Å². The zero-order chi connectivity index (χ0) is 22.5. The summed E-state index contributed by atoms with van der Waals surface area (Å²) in [5.74, 6) is 0.266. The molecule has 0 fully saturated rings. The predicted octanol–water partition coefficient (Wildman–Crippen LogP) is 3.80. The monoisotopic (exact) mass is 434 g/mol. The second kappa shape index (κ2) is 13.4. The van der Waals surface area contributed by atoms with Gasteiger partial charge in [0.2, 0.25) is 0 Å². The smallest absolute Gasteiger partial charge is 0.325 e. The number of rotatable bonds is 8. The number of nitrogens with one attached hydrogen (secondary N) is 1. The van der Waals surface area contributed by atoms with Crippen molar-refractivity contribution >= 4 is 23.2 Å². The van der Waals surface area contributed by atoms with Gasteiger partial charge in [-0.15, -0.1) is 0 Å². The number of aryl methyl sites for hydroxylation is 1. The molecular formula is C22H30N2O5S. The molecule has 0 aliphatic rings. The van der Waals surface area contributed by atoms with Gasteiger partial charge in [0.1, 0.15) is 35.7 Å². The lowest BCUT2D eigenvalue weighted by Crippen LogP contribution is -2.32. The summed E-state index contributed by atoms with van der Waals surface area (Å²) in [6.45, 7) is 7.99. The Morgan fingerprint density at radius 2 is 1.87 bits per heavy atom. The van der Waals surface area contributed by atoms with Gasteiger partial charge in [-0.25, -0.2) is 4.98 Å². The average molecular weight is 435 g/mol. The molecule has 164 valence electrons. The van der Waals surface area contributed by atoms with E-state index in [1.54, 1.807) is 0 Å². The molecular weight excluding hydrogens is 404 g/mol. The van der Waals surface area contributed by atoms with Crippen LogP contribution < -0.4 is 14.8 Å². The number of carbonyl (C=O) groups is 1. The SMILES string of the molecule is CCC.COc1ccnc(C(=S)NCC(=O)OCC(C)Oc2ccc(C)cc2)c1O. The summed E-state index contributed by atoms with van der Waals surface area (Å²) < 4.78 is 15.8. The van der Waals surface area contributed by atoms with Crippen molar-refractivity contribution in [2.24, 2.45) is 0 Å². The third-order valence-electron chi connectivity index (χ3n) is 3.55. The van der Waals surface area contributed by atoms with Crippen LogP contribution in [0.1, 0.15) is 38.4 Å². The molecule has 0 bridgehead atoms. The van der Waals surface area contributed by atoms with Crippen LogP contribution in [-0.4, -0.2) is 47.4 Å². The molecule has 0 amide bonds. The molecule has 2 N–H and O–H groups in total. The number of aromatic nitrogens is 1. The van der Waals surface area contributed by atoms with E-state index in [0.717, 1.165) is 5.56 Å². The van der Waals surface area contributed by atoms with E-state index in [2.05, 4.69) is 24.1 Å². The molecule has 1 unspecified atom stereocenters. The molecule has 0 saturated heterocycles. The van der Waals surface area contributed by atoms with E-state index >= 15 is 0 Å². The van der Waals surface area contributed by atoms with Crippen LogP contribution in [0, 0.1) is 6.92 Å². The van der Waals surface area contributed by atoms with Crippen molar-refractivity contribution < 1.29 is 24.1 Å². The minimum absolute atomic E-state index is 0.101. The Hall–Kier alpha value is -2.87. The highest BCUT2D eigenvalue weighted by Crippen LogP contribution is 2.27. The van der Waals surface area contributed by atoms with Crippen molar-refractivity contribution in [3.63, 3.8) is 0 Å². The molecule has 0 spiro atoms. The van der Waals surface area contributed by atoms with Crippen molar-refractivity contribution in [1.29, 1.82) is 0 Å². The number of hydrogen-bond donors (Lipinski definition) is 2. The second-order valence-corrected chi connectivity index (χ2v) is 6.93. The summed E-state index contributed by atoms with van der Waals surface area (Å²) >= 11 is 5.15. The molecule has 2 rings (SSSR count). The minimum atomic E-state index is -0.501. The van der Waals surface area contributed by atoms with Gasteiger partial charge >= 0.3 is 5.97 Å². The van der Waals surface area contributed by atoms with E-state index in [9.17, 15) is 9.90 Å². The van der Waals surface area contributed by atoms with Crippen LogP contribution in [0.2, 0.25) is 0 Å². The number of thiocarbonyl (C=S) groups is 1. The molecule has 0 aliphatic carbocycles. The van der Waals surface area contributed by atoms with Gasteiger partial charge in [0.15, 0.2) is 11.5 Å². The molecule has 8 heteroatoms. The van der Waals surface area contributed by atoms with Gasteiger partial charge in [-0.2, -0.15) is 0 Å². The van der Waals surface area contributed by atoms with Gasteiger partial charge in [-0.05, 0) is 26.0 Å². The van der Waals surface area contributed by atoms with E-state index in [-0.39, 0.29) is 41.4 Å². The molecule has 1 aromatic heterocycles. The quantitative estimate of drug-likeness (QED) is 0.479. The van der Waals surface area contributed by atoms with Crippen molar-refractivity contribution in [3.05, 3.63) is 47.8 Å². The van der Waals surface area contributed by atoms with E-state index in [4.69, 9.17) is 26.4 Å². The largest absolute Gasteiger partial charge is 0.503 e. The van der Waals surface area contributed by atoms with Crippen LogP contribution in [0.5, 0.6) is 17.2 Å². The number of aromatic hydroxyl groups is 1. The molecule has 0 saturated carbocycles. The van der Waals surface area contributed by atoms with Crippen LogP contribution in [0.3, 0.4) is 0 Å². The van der Waals surface area contributed by atoms with Crippen LogP contribution in [-0.2, 0) is 9.53 Å². The number of esters is 1. The summed E-state index contributed by atoms with van der Waals surface area (Å²) in [7, 11) is 1.42. The highest BCUT2D eigenvalue weighted by atomic mass is 32.1. The predicted molar refractivity (Wildman–Crippen MR) is 120 cm³/mol. The highest BCUT2D eigenvalue weighted by Gasteiger charge is 2.15. The maximum Gasteiger partial charge on any atom is 0.325 e. The van der Waals surface area contributed by atoms with Crippen molar-refractivity contribution in [3.8, 4) is 17.2 Å². The van der Waals surface area contributed by atoms with Gasteiger partial charge in [0.05, 0.1) is 7.11 Å². The van der Waals surface area contributed by atoms with E-state index in [1.807, 2.05) is 38.1 Å². The van der Waals surface area contributed by atoms with Crippen LogP contribution in [0.15, 0.2) is 36.5 Å². The first-order valence-electron chi connectivity index (χ1n) is 9.71. The first-order chi connectivity index (χ1) is 14.3. The molecule has 1 heterocycles. The lowest BCUT2D eigenvalue weighted by atomic mass is 10.2. The first kappa shape index (κ1) is 25.2. The zero-order valence-electron chi connectivity index (χ0n) is 18.1. The van der Waals surface area contributed by atoms with Gasteiger partial charge in [-0.1, -0.05) is 50.2 Å². The Labute approximate surface area is 183 Å². The third kappa shape index (κ3) is 8.65. The first-order valence-corrected chi connectivity index (χ1v) is 10.1. The molecule has 0 aliphatic heterocycles. The lowest BCUT2D eigenvalue weighted by molar-refractivity contribution is -0.144. The second-order valence-electron chi connectivity index (χ2n) is 6.52. The van der Waals surface area contributed by atoms with E-state index in [0.29, 0.717) is 5.75 Å². The Morgan fingerprint density at radius 3 is 2.47 bits per heavy atom. The molecule has 1 aromatic carbocycles. The maximum atomic E-state index is 11.9. The summed E-state index contributed by atoms with van der Waals surface area (Å²) in [5, 5.41) is 12.7. The van der Waals surface area contributed by atoms with E-state index in [1.165, 1.54) is 25.8 Å². The number of methoxy groups -OCH3 is 1. The number of ether oxygens (including phenoxy) is 3. The van der Waals surface area contributed by atoms with Crippen molar-refractivity contribution in [2.45, 2.75) is 40.2 Å². The summed E-state index contributed by atoms with van der Waals surface area (Å²) in [5.41, 5.74) is 1.27. The number of carbonyl (C=O) groups excluding carboxylic acids is 1. The van der Waals surface area contributed by atoms with Gasteiger partial charge in [-0.3, -0.25) is 4.79 Å². The fraction of sp³-hybridized carbons (Fsp3) is 0.409. The summed E-state index contributed by atoms with van der Waals surface area (Å²) in [4.78, 5) is 16.0. The zero-order valence-corrected chi connectivity index (χ0v) is 18.9. The number of hydrogen-bond acceptors (Lipinski definition) is 7. The average Bonchev–Trinajstić information content (AvgIpc) is 2.73. The molecule has 0 radical (unpaired) electrons. The van der Waals surface area contributed by atoms with Gasteiger partial charge in [0.25, 0.3) is 0 Å². The Kier molecular flexibility index (Phi) is 11.2. The topological polar surface area (TPSA) is 89.9 Å². The van der Waals surface area contributed by atoms with Crippen molar-refractivity contribution in [1.82, 2.24) is 10.3 Å². The number of benzene rings is 1. The number of pyridine rings is 1. The summed E-state index contributed by atoms with van der Waals surface area (Å²) in [6.07, 6.45) is 2.40. The third-order valence-corrected chi connectivity index (χ3v) is 3.89. The standard InChI is InChI=1S/C19H22N2O5S.C3H8/c1-12-4-6-14(7-5-12)26-13(2)11-25-16(22)10-21-19(27)17-18(23)15(24-3)8-9-20-17;1-3-2/h4-9,13,23H,10-11H2,1-3H3,(H,21,27);3H2,1-2H3. The molecule has 1 atom stereocenters. The lowest BCUT2D eigenvalue weighted by Gasteiger charge is -2.15. The summed E-state index contributed by atoms with van der Waals surface area (Å²) in [6, 6.07) is 9.12. The normalized spacial score (nSPS) is 10.8. The molecule has 7 nitrogen and oxygen atoms in total. The Bertz CT molecular complexity index is 812.